The van der Waals surface area contributed by atoms with Gasteiger partial charge in [-0.3, -0.25) is 4.79 Å². The Kier molecular flexibility index (Phi) is 5.56. The van der Waals surface area contributed by atoms with Crippen molar-refractivity contribution in [3.63, 3.8) is 0 Å². The van der Waals surface area contributed by atoms with E-state index in [1.165, 1.54) is 24.3 Å². The maximum absolute atomic E-state index is 11.8. The predicted octanol–water partition coefficient (Wildman–Crippen LogP) is 0.979. The monoisotopic (exact) mass is 318 g/mol. The van der Waals surface area contributed by atoms with Crippen LogP contribution in [0.25, 0.3) is 0 Å². The van der Waals surface area contributed by atoms with E-state index in [2.05, 4.69) is 5.32 Å². The summed E-state index contributed by atoms with van der Waals surface area (Å²) >= 11 is 0. The number of carbonyl (C=O) groups excluding carboxylic acids is 1. The second-order valence-corrected chi connectivity index (χ2v) is 7.02. The van der Waals surface area contributed by atoms with E-state index in [1.54, 1.807) is 0 Å². The lowest BCUT2D eigenvalue weighted by Gasteiger charge is -2.11. The van der Waals surface area contributed by atoms with Crippen molar-refractivity contribution in [3.8, 4) is 0 Å². The first kappa shape index (κ1) is 16.9. The molecule has 7 heteroatoms. The van der Waals surface area contributed by atoms with Crippen molar-refractivity contribution in [2.45, 2.75) is 23.8 Å². The highest BCUT2D eigenvalue weighted by atomic mass is 35.5. The lowest BCUT2D eigenvalue weighted by atomic mass is 10.2. The summed E-state index contributed by atoms with van der Waals surface area (Å²) in [7, 11) is -3.23. The van der Waals surface area contributed by atoms with Crippen LogP contribution < -0.4 is 11.1 Å². The van der Waals surface area contributed by atoms with Crippen LogP contribution in [0.2, 0.25) is 0 Å². The number of nitrogens with two attached hydrogens (primary N) is 1. The first-order chi connectivity index (χ1) is 8.88. The largest absolute Gasteiger partial charge is 0.350 e. The molecule has 1 aliphatic rings. The Morgan fingerprint density at radius 1 is 1.35 bits per heavy atom. The Labute approximate surface area is 125 Å². The molecule has 0 aliphatic heterocycles. The van der Waals surface area contributed by atoms with Gasteiger partial charge in [-0.2, -0.15) is 0 Å². The van der Waals surface area contributed by atoms with Gasteiger partial charge >= 0.3 is 0 Å². The quantitative estimate of drug-likeness (QED) is 0.847. The number of rotatable bonds is 5. The van der Waals surface area contributed by atoms with Gasteiger partial charge in [-0.15, -0.1) is 12.4 Å². The maximum atomic E-state index is 11.8. The molecule has 1 amide bonds. The number of hydrogen-bond donors (Lipinski definition) is 2. The average Bonchev–Trinajstić information content (AvgIpc) is 3.19. The Balaban J connectivity index is 0.00000200. The predicted molar refractivity (Wildman–Crippen MR) is 79.8 cm³/mol. The third kappa shape index (κ3) is 4.47. The fourth-order valence-corrected chi connectivity index (χ4v) is 2.49. The Morgan fingerprint density at radius 2 is 1.90 bits per heavy atom. The van der Waals surface area contributed by atoms with E-state index in [0.717, 1.165) is 19.1 Å². The van der Waals surface area contributed by atoms with Crippen LogP contribution in [0.5, 0.6) is 0 Å². The Hall–Kier alpha value is -1.11. The Bertz CT molecular complexity index is 568. The minimum atomic E-state index is -3.23. The van der Waals surface area contributed by atoms with Gasteiger partial charge in [0, 0.05) is 24.4 Å². The topological polar surface area (TPSA) is 89.3 Å². The second-order valence-electron chi connectivity index (χ2n) is 5.01. The fourth-order valence-electron chi connectivity index (χ4n) is 1.86. The number of sulfone groups is 1. The normalized spacial score (nSPS) is 16.1. The molecule has 1 unspecified atom stereocenters. The first-order valence-electron chi connectivity index (χ1n) is 6.22. The van der Waals surface area contributed by atoms with Gasteiger partial charge in [-0.25, -0.2) is 8.42 Å². The second kappa shape index (κ2) is 6.56. The van der Waals surface area contributed by atoms with Crippen LogP contribution in [0.4, 0.5) is 0 Å². The summed E-state index contributed by atoms with van der Waals surface area (Å²) < 4.78 is 22.6. The summed E-state index contributed by atoms with van der Waals surface area (Å²) in [4.78, 5) is 12.0. The molecule has 0 saturated heterocycles. The molecule has 3 N–H and O–H groups in total. The van der Waals surface area contributed by atoms with Crippen LogP contribution in [0, 0.1) is 5.92 Å². The number of benzene rings is 1. The molecule has 0 aromatic heterocycles. The number of carbonyl (C=O) groups is 1. The van der Waals surface area contributed by atoms with Crippen molar-refractivity contribution in [2.75, 3.05) is 12.8 Å². The van der Waals surface area contributed by atoms with E-state index < -0.39 is 9.84 Å². The van der Waals surface area contributed by atoms with E-state index in [-0.39, 0.29) is 29.3 Å². The van der Waals surface area contributed by atoms with E-state index in [1.807, 2.05) is 0 Å². The summed E-state index contributed by atoms with van der Waals surface area (Å²) in [5.41, 5.74) is 6.33. The summed E-state index contributed by atoms with van der Waals surface area (Å²) in [6, 6.07) is 5.90. The average molecular weight is 319 g/mol. The van der Waals surface area contributed by atoms with Gasteiger partial charge in [0.05, 0.1) is 4.90 Å². The smallest absolute Gasteiger partial charge is 0.251 e. The van der Waals surface area contributed by atoms with Gasteiger partial charge in [0.1, 0.15) is 0 Å². The molecule has 1 atom stereocenters. The van der Waals surface area contributed by atoms with Gasteiger partial charge in [0.15, 0.2) is 9.84 Å². The summed E-state index contributed by atoms with van der Waals surface area (Å²) in [5.74, 6) is 0.309. The molecule has 1 aromatic carbocycles. The van der Waals surface area contributed by atoms with Crippen LogP contribution in [0.1, 0.15) is 23.2 Å². The lowest BCUT2D eigenvalue weighted by Crippen LogP contribution is -2.38. The van der Waals surface area contributed by atoms with Crippen molar-refractivity contribution in [1.82, 2.24) is 5.32 Å². The summed E-state index contributed by atoms with van der Waals surface area (Å²) in [6.45, 7) is 0.456. The van der Waals surface area contributed by atoms with Crippen molar-refractivity contribution in [2.24, 2.45) is 11.7 Å². The van der Waals surface area contributed by atoms with Gasteiger partial charge in [0.2, 0.25) is 0 Å². The van der Waals surface area contributed by atoms with Crippen LogP contribution in [0.15, 0.2) is 29.2 Å². The molecule has 1 aromatic rings. The first-order valence-corrected chi connectivity index (χ1v) is 8.11. The van der Waals surface area contributed by atoms with Gasteiger partial charge in [-0.1, -0.05) is 0 Å². The highest BCUT2D eigenvalue weighted by molar-refractivity contribution is 7.90. The van der Waals surface area contributed by atoms with E-state index in [0.29, 0.717) is 18.0 Å². The molecule has 20 heavy (non-hydrogen) atoms. The minimum Gasteiger partial charge on any atom is -0.350 e. The lowest BCUT2D eigenvalue weighted by molar-refractivity contribution is 0.0950. The van der Waals surface area contributed by atoms with E-state index >= 15 is 0 Å². The van der Waals surface area contributed by atoms with Gasteiger partial charge in [0.25, 0.3) is 5.91 Å². The zero-order valence-electron chi connectivity index (χ0n) is 11.2. The number of amides is 1. The van der Waals surface area contributed by atoms with Crippen LogP contribution >= 0.6 is 12.4 Å². The van der Waals surface area contributed by atoms with Crippen LogP contribution in [-0.2, 0) is 9.84 Å². The third-order valence-electron chi connectivity index (χ3n) is 3.27. The summed E-state index contributed by atoms with van der Waals surface area (Å²) in [6.07, 6.45) is 3.41. The van der Waals surface area contributed by atoms with Gasteiger partial charge < -0.3 is 11.1 Å². The molecule has 1 aliphatic carbocycles. The molecule has 1 saturated carbocycles. The SMILES string of the molecule is CS(=O)(=O)c1ccc(C(=O)NCC(N)C2CC2)cc1.Cl. The standard InChI is InChI=1S/C13H18N2O3S.ClH/c1-19(17,18)11-6-4-10(5-7-11)13(16)15-8-12(14)9-2-3-9;/h4-7,9,12H,2-3,8,14H2,1H3,(H,15,16);1H. The van der Waals surface area contributed by atoms with Crippen molar-refractivity contribution in [1.29, 1.82) is 0 Å². The fraction of sp³-hybridized carbons (Fsp3) is 0.462. The molecule has 0 heterocycles. The van der Waals surface area contributed by atoms with E-state index in [9.17, 15) is 13.2 Å². The van der Waals surface area contributed by atoms with Crippen LogP contribution in [0.3, 0.4) is 0 Å². The summed E-state index contributed by atoms with van der Waals surface area (Å²) in [5, 5.41) is 2.76. The highest BCUT2D eigenvalue weighted by Gasteiger charge is 2.28. The zero-order valence-corrected chi connectivity index (χ0v) is 12.8. The molecule has 5 nitrogen and oxygen atoms in total. The van der Waals surface area contributed by atoms with E-state index in [4.69, 9.17) is 5.73 Å². The van der Waals surface area contributed by atoms with Crippen LogP contribution in [-0.4, -0.2) is 33.2 Å². The molecule has 0 radical (unpaired) electrons. The third-order valence-corrected chi connectivity index (χ3v) is 4.40. The van der Waals surface area contributed by atoms with Crippen molar-refractivity contribution in [3.05, 3.63) is 29.8 Å². The molecule has 112 valence electrons. The molecule has 0 spiro atoms. The Morgan fingerprint density at radius 3 is 2.35 bits per heavy atom. The molecule has 2 rings (SSSR count). The molecular weight excluding hydrogens is 300 g/mol. The van der Waals surface area contributed by atoms with Crippen molar-refractivity contribution >= 4 is 28.2 Å². The van der Waals surface area contributed by atoms with Gasteiger partial charge in [-0.05, 0) is 43.0 Å². The molecule has 0 bridgehead atoms. The highest BCUT2D eigenvalue weighted by Crippen LogP contribution is 2.31. The zero-order chi connectivity index (χ0) is 14.0. The minimum absolute atomic E-state index is 0. The van der Waals surface area contributed by atoms with Crippen molar-refractivity contribution < 1.29 is 13.2 Å². The maximum Gasteiger partial charge on any atom is 0.251 e. The molecular formula is C13H19ClN2O3S. The number of hydrogen-bond acceptors (Lipinski definition) is 4. The molecule has 1 fully saturated rings. The number of halogens is 1. The number of nitrogens with one attached hydrogen (secondary N) is 1.